The second-order valence-electron chi connectivity index (χ2n) is 6.85. The van der Waals surface area contributed by atoms with Crippen LogP contribution >= 0.6 is 0 Å². The summed E-state index contributed by atoms with van der Waals surface area (Å²) in [6.07, 6.45) is 5.65. The first kappa shape index (κ1) is 11.2. The van der Waals surface area contributed by atoms with Gasteiger partial charge in [0, 0.05) is 10.8 Å². The highest BCUT2D eigenvalue weighted by atomic mass is 16.7. The standard InChI is InChI=1S/C14H21NO2/c1-13(2)10-6-7-14(3,8-10)12(13)15-17-11(16)9-4-5-9/h9-10H,4-8H2,1-3H3/b15-12-/t10-,14-/m0/s1. The lowest BCUT2D eigenvalue weighted by Crippen LogP contribution is -2.36. The summed E-state index contributed by atoms with van der Waals surface area (Å²) in [5.74, 6) is 0.722. The van der Waals surface area contributed by atoms with E-state index in [0.717, 1.165) is 18.6 Å². The first-order valence-corrected chi connectivity index (χ1v) is 6.73. The van der Waals surface area contributed by atoms with E-state index in [0.29, 0.717) is 5.92 Å². The zero-order valence-electron chi connectivity index (χ0n) is 11.0. The molecule has 3 rings (SSSR count). The van der Waals surface area contributed by atoms with Gasteiger partial charge in [0.05, 0.1) is 11.6 Å². The van der Waals surface area contributed by atoms with Gasteiger partial charge in [-0.25, -0.2) is 4.79 Å². The van der Waals surface area contributed by atoms with Crippen molar-refractivity contribution >= 4 is 11.7 Å². The highest BCUT2D eigenvalue weighted by molar-refractivity contribution is 5.97. The van der Waals surface area contributed by atoms with E-state index in [1.807, 2.05) is 0 Å². The molecule has 3 aliphatic rings. The molecule has 2 atom stereocenters. The number of hydrogen-bond donors (Lipinski definition) is 0. The van der Waals surface area contributed by atoms with Crippen molar-refractivity contribution in [1.29, 1.82) is 0 Å². The molecular weight excluding hydrogens is 214 g/mol. The number of oxime groups is 1. The van der Waals surface area contributed by atoms with E-state index in [4.69, 9.17) is 4.84 Å². The molecule has 0 aromatic rings. The average molecular weight is 235 g/mol. The van der Waals surface area contributed by atoms with Crippen LogP contribution in [0.1, 0.15) is 52.9 Å². The third-order valence-corrected chi connectivity index (χ3v) is 5.08. The maximum atomic E-state index is 11.6. The summed E-state index contributed by atoms with van der Waals surface area (Å²) in [5, 5.41) is 4.26. The molecule has 0 saturated heterocycles. The number of fused-ring (bicyclic) bond motifs is 2. The van der Waals surface area contributed by atoms with Crippen molar-refractivity contribution in [2.45, 2.75) is 52.9 Å². The van der Waals surface area contributed by atoms with Gasteiger partial charge >= 0.3 is 5.97 Å². The highest BCUT2D eigenvalue weighted by Crippen LogP contribution is 2.60. The van der Waals surface area contributed by atoms with Crippen LogP contribution < -0.4 is 0 Å². The fourth-order valence-corrected chi connectivity index (χ4v) is 3.75. The lowest BCUT2D eigenvalue weighted by molar-refractivity contribution is -0.145. The molecule has 2 bridgehead atoms. The number of nitrogens with zero attached hydrogens (tertiary/aromatic N) is 1. The Kier molecular flexibility index (Phi) is 2.20. The van der Waals surface area contributed by atoms with Gasteiger partial charge in [0.1, 0.15) is 0 Å². The van der Waals surface area contributed by atoms with Crippen LogP contribution in [-0.2, 0) is 9.63 Å². The van der Waals surface area contributed by atoms with Gasteiger partial charge in [0.2, 0.25) is 0 Å². The Bertz CT molecular complexity index is 388. The lowest BCUT2D eigenvalue weighted by Gasteiger charge is -2.34. The minimum absolute atomic E-state index is 0.108. The topological polar surface area (TPSA) is 38.7 Å². The van der Waals surface area contributed by atoms with Crippen LogP contribution in [0.3, 0.4) is 0 Å². The summed E-state index contributed by atoms with van der Waals surface area (Å²) < 4.78 is 0. The molecule has 0 amide bonds. The molecule has 17 heavy (non-hydrogen) atoms. The molecule has 3 nitrogen and oxygen atoms in total. The minimum atomic E-state index is -0.125. The summed E-state index contributed by atoms with van der Waals surface area (Å²) in [5.41, 5.74) is 1.41. The lowest BCUT2D eigenvalue weighted by atomic mass is 9.71. The van der Waals surface area contributed by atoms with Gasteiger partial charge in [-0.05, 0) is 38.0 Å². The number of carbonyl (C=O) groups excluding carboxylic acids is 1. The van der Waals surface area contributed by atoms with Crippen molar-refractivity contribution in [3.63, 3.8) is 0 Å². The molecule has 0 aromatic heterocycles. The van der Waals surface area contributed by atoms with E-state index in [1.54, 1.807) is 0 Å². The summed E-state index contributed by atoms with van der Waals surface area (Å²) in [6, 6.07) is 0. The zero-order chi connectivity index (χ0) is 12.3. The maximum absolute atomic E-state index is 11.6. The Morgan fingerprint density at radius 1 is 1.29 bits per heavy atom. The van der Waals surface area contributed by atoms with Crippen molar-refractivity contribution < 1.29 is 9.63 Å². The Morgan fingerprint density at radius 2 is 2.00 bits per heavy atom. The van der Waals surface area contributed by atoms with E-state index < -0.39 is 0 Å². The largest absolute Gasteiger partial charge is 0.338 e. The van der Waals surface area contributed by atoms with Crippen LogP contribution in [0.2, 0.25) is 0 Å². The predicted molar refractivity (Wildman–Crippen MR) is 65.5 cm³/mol. The van der Waals surface area contributed by atoms with Crippen molar-refractivity contribution in [2.24, 2.45) is 27.8 Å². The van der Waals surface area contributed by atoms with Gasteiger partial charge < -0.3 is 4.84 Å². The van der Waals surface area contributed by atoms with Gasteiger partial charge in [-0.2, -0.15) is 0 Å². The first-order chi connectivity index (χ1) is 7.93. The van der Waals surface area contributed by atoms with E-state index in [9.17, 15) is 4.79 Å². The first-order valence-electron chi connectivity index (χ1n) is 6.73. The molecular formula is C14H21NO2. The molecule has 3 fully saturated rings. The molecule has 0 heterocycles. The van der Waals surface area contributed by atoms with Crippen molar-refractivity contribution in [3.05, 3.63) is 0 Å². The van der Waals surface area contributed by atoms with Gasteiger partial charge in [0.25, 0.3) is 0 Å². The number of carbonyl (C=O) groups is 1. The Hall–Kier alpha value is -0.860. The quantitative estimate of drug-likeness (QED) is 0.545. The Morgan fingerprint density at radius 3 is 2.53 bits per heavy atom. The molecule has 0 N–H and O–H groups in total. The smallest absolute Gasteiger partial charge is 0.318 e. The molecule has 3 saturated carbocycles. The number of hydrogen-bond acceptors (Lipinski definition) is 3. The van der Waals surface area contributed by atoms with E-state index in [-0.39, 0.29) is 22.7 Å². The predicted octanol–water partition coefficient (Wildman–Crippen LogP) is 3.14. The highest BCUT2D eigenvalue weighted by Gasteiger charge is 2.57. The van der Waals surface area contributed by atoms with Crippen LogP contribution in [0, 0.1) is 22.7 Å². The number of rotatable bonds is 2. The van der Waals surface area contributed by atoms with E-state index in [2.05, 4.69) is 25.9 Å². The summed E-state index contributed by atoms with van der Waals surface area (Å²) >= 11 is 0. The Labute approximate surface area is 103 Å². The monoisotopic (exact) mass is 235 g/mol. The molecule has 0 spiro atoms. The fourth-order valence-electron chi connectivity index (χ4n) is 3.75. The van der Waals surface area contributed by atoms with Crippen LogP contribution in [0.5, 0.6) is 0 Å². The average Bonchev–Trinajstić information content (AvgIpc) is 2.98. The van der Waals surface area contributed by atoms with Crippen LogP contribution in [0.15, 0.2) is 5.16 Å². The summed E-state index contributed by atoms with van der Waals surface area (Å²) in [4.78, 5) is 16.7. The molecule has 0 unspecified atom stereocenters. The molecule has 3 aliphatic carbocycles. The van der Waals surface area contributed by atoms with Crippen molar-refractivity contribution in [1.82, 2.24) is 0 Å². The molecule has 94 valence electrons. The normalized spacial score (nSPS) is 40.9. The second-order valence-corrected chi connectivity index (χ2v) is 6.85. The van der Waals surface area contributed by atoms with Crippen LogP contribution in [0.4, 0.5) is 0 Å². The van der Waals surface area contributed by atoms with Gasteiger partial charge in [-0.15, -0.1) is 0 Å². The van der Waals surface area contributed by atoms with E-state index in [1.165, 1.54) is 19.3 Å². The second kappa shape index (κ2) is 3.33. The molecule has 3 heteroatoms. The molecule has 0 radical (unpaired) electrons. The zero-order valence-corrected chi connectivity index (χ0v) is 11.0. The van der Waals surface area contributed by atoms with Gasteiger partial charge in [0.15, 0.2) is 0 Å². The summed E-state index contributed by atoms with van der Waals surface area (Å²) in [7, 11) is 0. The van der Waals surface area contributed by atoms with Crippen molar-refractivity contribution in [3.8, 4) is 0 Å². The molecule has 0 aromatic carbocycles. The maximum Gasteiger partial charge on any atom is 0.338 e. The van der Waals surface area contributed by atoms with Crippen LogP contribution in [-0.4, -0.2) is 11.7 Å². The third kappa shape index (κ3) is 1.62. The molecule has 0 aliphatic heterocycles. The Balaban J connectivity index is 1.80. The van der Waals surface area contributed by atoms with E-state index >= 15 is 0 Å². The fraction of sp³-hybridized carbons (Fsp3) is 0.857. The third-order valence-electron chi connectivity index (χ3n) is 5.08. The summed E-state index contributed by atoms with van der Waals surface area (Å²) in [6.45, 7) is 6.75. The van der Waals surface area contributed by atoms with Gasteiger partial charge in [-0.1, -0.05) is 25.9 Å². The van der Waals surface area contributed by atoms with Crippen molar-refractivity contribution in [2.75, 3.05) is 0 Å². The minimum Gasteiger partial charge on any atom is -0.318 e. The SMILES string of the molecule is CC1(C)/C(=N/OC(=O)C2CC2)[C@@]2(C)CC[C@H]1C2. The van der Waals surface area contributed by atoms with Gasteiger partial charge in [-0.3, -0.25) is 0 Å². The van der Waals surface area contributed by atoms with Crippen LogP contribution in [0.25, 0.3) is 0 Å².